The first-order chi connectivity index (χ1) is 16.6. The third kappa shape index (κ3) is 4.05. The molecule has 1 saturated heterocycles. The summed E-state index contributed by atoms with van der Waals surface area (Å²) in [6.07, 6.45) is -8.07. The second-order valence-electron chi connectivity index (χ2n) is 7.76. The third-order valence-electron chi connectivity index (χ3n) is 5.59. The van der Waals surface area contributed by atoms with Gasteiger partial charge in [0.2, 0.25) is 23.2 Å². The maximum Gasteiger partial charge on any atom is 0.238 e. The lowest BCUT2D eigenvalue weighted by molar-refractivity contribution is -0.277. The number of aliphatic hydroxyl groups is 4. The van der Waals surface area contributed by atoms with E-state index in [4.69, 9.17) is 18.6 Å². The average molecular weight is 494 g/mol. The molecule has 2 aromatic carbocycles. The van der Waals surface area contributed by atoms with Crippen LogP contribution in [0.25, 0.3) is 22.3 Å². The molecule has 0 amide bonds. The maximum absolute atomic E-state index is 12.8. The molecule has 4 rings (SSSR count). The average Bonchev–Trinajstić information content (AvgIpc) is 2.83. The number of hydrogen-bond donors (Lipinski definition) is 8. The molecule has 3 aromatic rings. The Morgan fingerprint density at radius 2 is 1.66 bits per heavy atom. The second-order valence-corrected chi connectivity index (χ2v) is 7.76. The summed E-state index contributed by atoms with van der Waals surface area (Å²) in [5.41, 5.74) is -1.35. The first-order valence-electron chi connectivity index (χ1n) is 10.2. The van der Waals surface area contributed by atoms with E-state index in [0.29, 0.717) is 0 Å². The minimum Gasteiger partial charge on any atom is -0.504 e. The van der Waals surface area contributed by atoms with Crippen LogP contribution in [0.5, 0.6) is 34.5 Å². The molecule has 1 aliphatic heterocycles. The molecular formula is C22H22O13. The van der Waals surface area contributed by atoms with Crippen LogP contribution >= 0.6 is 0 Å². The standard InChI is InChI=1S/C22H22O13/c1-32-21-11(34-22-19(31)17(29)14(26)12(6-23)35-22)5-10-13(16(21)28)15(27)18(30)20(33-10)7-2-3-8(24)9(25)4-7/h2-5,12,14,17,19,22-26,28-31H,6H2,1H3/t12-,14-,17+,19-,22+/m1/s1. The van der Waals surface area contributed by atoms with Crippen molar-refractivity contribution < 1.29 is 59.5 Å². The Balaban J connectivity index is 1.85. The molecule has 188 valence electrons. The molecule has 1 aromatic heterocycles. The van der Waals surface area contributed by atoms with Crippen LogP contribution in [0.1, 0.15) is 0 Å². The van der Waals surface area contributed by atoms with Gasteiger partial charge in [-0.1, -0.05) is 0 Å². The smallest absolute Gasteiger partial charge is 0.238 e. The largest absolute Gasteiger partial charge is 0.504 e. The van der Waals surface area contributed by atoms with E-state index in [0.717, 1.165) is 25.3 Å². The summed E-state index contributed by atoms with van der Waals surface area (Å²) in [5.74, 6) is -3.81. The molecule has 1 aliphatic rings. The van der Waals surface area contributed by atoms with E-state index in [1.54, 1.807) is 0 Å². The lowest BCUT2D eigenvalue weighted by atomic mass is 9.99. The predicted molar refractivity (Wildman–Crippen MR) is 116 cm³/mol. The van der Waals surface area contributed by atoms with Crippen molar-refractivity contribution >= 4 is 11.0 Å². The molecule has 0 spiro atoms. The van der Waals surface area contributed by atoms with Gasteiger partial charge in [0.1, 0.15) is 35.4 Å². The van der Waals surface area contributed by atoms with E-state index in [1.807, 2.05) is 0 Å². The summed E-state index contributed by atoms with van der Waals surface area (Å²) in [6.45, 7) is -0.706. The quantitative estimate of drug-likeness (QED) is 0.209. The van der Waals surface area contributed by atoms with Crippen molar-refractivity contribution in [2.24, 2.45) is 0 Å². The van der Waals surface area contributed by atoms with Crippen molar-refractivity contribution in [1.82, 2.24) is 0 Å². The number of fused-ring (bicyclic) bond motifs is 1. The summed E-state index contributed by atoms with van der Waals surface area (Å²) in [5, 5.41) is 79.4. The molecule has 1 fully saturated rings. The van der Waals surface area contributed by atoms with Gasteiger partial charge in [-0.2, -0.15) is 0 Å². The zero-order chi connectivity index (χ0) is 25.6. The Bertz CT molecular complexity index is 1320. The first kappa shape index (κ1) is 24.4. The fraction of sp³-hybridized carbons (Fsp3) is 0.318. The van der Waals surface area contributed by atoms with Crippen molar-refractivity contribution in [3.8, 4) is 45.8 Å². The Labute approximate surface area is 195 Å². The molecule has 0 saturated carbocycles. The molecule has 13 nitrogen and oxygen atoms in total. The van der Waals surface area contributed by atoms with Gasteiger partial charge in [0.15, 0.2) is 28.8 Å². The molecule has 2 heterocycles. The maximum atomic E-state index is 12.8. The van der Waals surface area contributed by atoms with Crippen LogP contribution in [0, 0.1) is 0 Å². The van der Waals surface area contributed by atoms with E-state index >= 15 is 0 Å². The van der Waals surface area contributed by atoms with Gasteiger partial charge in [-0.25, -0.2) is 0 Å². The van der Waals surface area contributed by atoms with Crippen LogP contribution in [0.15, 0.2) is 33.5 Å². The number of hydrogen-bond acceptors (Lipinski definition) is 13. The number of rotatable bonds is 5. The molecule has 0 radical (unpaired) electrons. The van der Waals surface area contributed by atoms with Gasteiger partial charge in [0, 0.05) is 11.6 Å². The molecule has 8 N–H and O–H groups in total. The highest BCUT2D eigenvalue weighted by Crippen LogP contribution is 2.45. The second kappa shape index (κ2) is 9.13. The summed E-state index contributed by atoms with van der Waals surface area (Å²) in [7, 11) is 1.14. The van der Waals surface area contributed by atoms with Crippen molar-refractivity contribution in [1.29, 1.82) is 0 Å². The minimum atomic E-state index is -1.78. The van der Waals surface area contributed by atoms with Gasteiger partial charge in [-0.15, -0.1) is 0 Å². The summed E-state index contributed by atoms with van der Waals surface area (Å²) >= 11 is 0. The highest BCUT2D eigenvalue weighted by molar-refractivity contribution is 5.91. The molecule has 5 atom stereocenters. The van der Waals surface area contributed by atoms with Crippen molar-refractivity contribution in [2.75, 3.05) is 13.7 Å². The van der Waals surface area contributed by atoms with Gasteiger partial charge in [0.05, 0.1) is 13.7 Å². The van der Waals surface area contributed by atoms with Gasteiger partial charge in [-0.05, 0) is 18.2 Å². The number of methoxy groups -OCH3 is 1. The predicted octanol–water partition coefficient (Wildman–Crippen LogP) is -0.530. The molecule has 0 aliphatic carbocycles. The number of aromatic hydroxyl groups is 4. The van der Waals surface area contributed by atoms with Crippen LogP contribution in [-0.4, -0.2) is 85.3 Å². The first-order valence-corrected chi connectivity index (χ1v) is 10.2. The fourth-order valence-electron chi connectivity index (χ4n) is 3.72. The van der Waals surface area contributed by atoms with Crippen LogP contribution in [-0.2, 0) is 4.74 Å². The van der Waals surface area contributed by atoms with E-state index in [-0.39, 0.29) is 16.9 Å². The molecule has 13 heteroatoms. The lowest BCUT2D eigenvalue weighted by Crippen LogP contribution is -2.60. The molecule has 35 heavy (non-hydrogen) atoms. The van der Waals surface area contributed by atoms with Crippen LogP contribution in [0.4, 0.5) is 0 Å². The van der Waals surface area contributed by atoms with Gasteiger partial charge in [-0.3, -0.25) is 4.79 Å². The molecular weight excluding hydrogens is 472 g/mol. The number of aliphatic hydroxyl groups excluding tert-OH is 4. The van der Waals surface area contributed by atoms with Crippen molar-refractivity contribution in [2.45, 2.75) is 30.7 Å². The Morgan fingerprint density at radius 1 is 0.943 bits per heavy atom. The number of ether oxygens (including phenoxy) is 3. The van der Waals surface area contributed by atoms with Gasteiger partial charge < -0.3 is 59.5 Å². The Hall–Kier alpha value is -3.75. The van der Waals surface area contributed by atoms with Crippen LogP contribution in [0.3, 0.4) is 0 Å². The molecule has 0 bridgehead atoms. The van der Waals surface area contributed by atoms with Crippen LogP contribution < -0.4 is 14.9 Å². The zero-order valence-electron chi connectivity index (χ0n) is 18.0. The lowest BCUT2D eigenvalue weighted by Gasteiger charge is -2.39. The topological polar surface area (TPSA) is 220 Å². The SMILES string of the molecule is COc1c(O[C@H]2O[C@H](CO)[C@@H](O)[C@H](O)[C@H]2O)cc2oc(-c3ccc(O)c(O)c3)c(O)c(=O)c2c1O. The highest BCUT2D eigenvalue weighted by Gasteiger charge is 2.45. The van der Waals surface area contributed by atoms with E-state index < -0.39 is 82.6 Å². The Morgan fingerprint density at radius 3 is 2.29 bits per heavy atom. The van der Waals surface area contributed by atoms with E-state index in [9.17, 15) is 45.6 Å². The van der Waals surface area contributed by atoms with Crippen molar-refractivity contribution in [3.63, 3.8) is 0 Å². The number of phenolic OH excluding ortho intramolecular Hbond substituents is 3. The fourth-order valence-corrected chi connectivity index (χ4v) is 3.72. The monoisotopic (exact) mass is 494 g/mol. The minimum absolute atomic E-state index is 0.0171. The van der Waals surface area contributed by atoms with Gasteiger partial charge in [0.25, 0.3) is 0 Å². The third-order valence-corrected chi connectivity index (χ3v) is 5.59. The van der Waals surface area contributed by atoms with Crippen LogP contribution in [0.2, 0.25) is 0 Å². The highest BCUT2D eigenvalue weighted by atomic mass is 16.7. The van der Waals surface area contributed by atoms with E-state index in [2.05, 4.69) is 0 Å². The van der Waals surface area contributed by atoms with E-state index in [1.165, 1.54) is 6.07 Å². The summed E-state index contributed by atoms with van der Waals surface area (Å²) in [4.78, 5) is 12.8. The normalized spacial score (nSPS) is 24.4. The van der Waals surface area contributed by atoms with Gasteiger partial charge >= 0.3 is 0 Å². The summed E-state index contributed by atoms with van der Waals surface area (Å²) in [6, 6.07) is 4.48. The molecule has 0 unspecified atom stereocenters. The number of phenols is 3. The zero-order valence-corrected chi connectivity index (χ0v) is 18.0. The van der Waals surface area contributed by atoms with Crippen molar-refractivity contribution in [3.05, 3.63) is 34.5 Å². The summed E-state index contributed by atoms with van der Waals surface area (Å²) < 4.78 is 21.5. The Kier molecular flexibility index (Phi) is 6.36. The number of benzene rings is 2.